The van der Waals surface area contributed by atoms with Gasteiger partial charge in [-0.3, -0.25) is 9.69 Å². The summed E-state index contributed by atoms with van der Waals surface area (Å²) in [6, 6.07) is 0. The molecule has 1 N–H and O–H groups in total. The second-order valence-electron chi connectivity index (χ2n) is 7.64. The summed E-state index contributed by atoms with van der Waals surface area (Å²) < 4.78 is 10.6. The van der Waals surface area contributed by atoms with Gasteiger partial charge in [0.2, 0.25) is 0 Å². The zero-order chi connectivity index (χ0) is 18.8. The number of esters is 1. The van der Waals surface area contributed by atoms with E-state index in [9.17, 15) is 9.59 Å². The maximum Gasteiger partial charge on any atom is 0.410 e. The second-order valence-corrected chi connectivity index (χ2v) is 7.64. The summed E-state index contributed by atoms with van der Waals surface area (Å²) in [6.07, 6.45) is 4.01. The summed E-state index contributed by atoms with van der Waals surface area (Å²) in [5.41, 5.74) is -1.22. The van der Waals surface area contributed by atoms with Crippen molar-refractivity contribution < 1.29 is 24.3 Å². The van der Waals surface area contributed by atoms with Crippen LogP contribution in [-0.2, 0) is 14.3 Å². The highest BCUT2D eigenvalue weighted by molar-refractivity contribution is 5.78. The van der Waals surface area contributed by atoms with Crippen molar-refractivity contribution in [2.45, 2.75) is 78.4 Å². The highest BCUT2D eigenvalue weighted by Crippen LogP contribution is 2.13. The topological polar surface area (TPSA) is 88.4 Å². The van der Waals surface area contributed by atoms with E-state index in [0.717, 1.165) is 19.3 Å². The van der Waals surface area contributed by atoms with E-state index in [2.05, 4.69) is 5.16 Å². The number of oxime groups is 1. The molecule has 0 fully saturated rings. The zero-order valence-electron chi connectivity index (χ0n) is 15.8. The number of carbonyl (C=O) groups is 2. The van der Waals surface area contributed by atoms with Gasteiger partial charge in [0.1, 0.15) is 17.7 Å². The van der Waals surface area contributed by atoms with Gasteiger partial charge in [-0.05, 0) is 60.8 Å². The monoisotopic (exact) mass is 344 g/mol. The Kier molecular flexibility index (Phi) is 9.40. The van der Waals surface area contributed by atoms with Crippen molar-refractivity contribution in [2.24, 2.45) is 5.16 Å². The van der Waals surface area contributed by atoms with Crippen LogP contribution < -0.4 is 0 Å². The van der Waals surface area contributed by atoms with Gasteiger partial charge in [-0.25, -0.2) is 4.79 Å². The smallest absolute Gasteiger partial charge is 0.410 e. The van der Waals surface area contributed by atoms with Gasteiger partial charge in [-0.15, -0.1) is 5.16 Å². The average molecular weight is 344 g/mol. The van der Waals surface area contributed by atoms with Crippen LogP contribution in [0.2, 0.25) is 0 Å². The van der Waals surface area contributed by atoms with E-state index in [1.165, 1.54) is 11.1 Å². The summed E-state index contributed by atoms with van der Waals surface area (Å²) in [5.74, 6) is -0.458. The lowest BCUT2D eigenvalue weighted by Crippen LogP contribution is -2.42. The first-order valence-corrected chi connectivity index (χ1v) is 8.30. The molecule has 0 radical (unpaired) electrons. The van der Waals surface area contributed by atoms with Gasteiger partial charge in [-0.2, -0.15) is 0 Å². The van der Waals surface area contributed by atoms with Crippen molar-refractivity contribution in [1.82, 2.24) is 4.90 Å². The van der Waals surface area contributed by atoms with Crippen molar-refractivity contribution in [3.8, 4) is 0 Å². The molecule has 0 saturated carbocycles. The molecule has 0 spiro atoms. The van der Waals surface area contributed by atoms with Crippen LogP contribution >= 0.6 is 0 Å². The molecule has 0 aromatic carbocycles. The molecular weight excluding hydrogens is 312 g/mol. The van der Waals surface area contributed by atoms with E-state index < -0.39 is 23.3 Å². The minimum atomic E-state index is -0.624. The normalized spacial score (nSPS) is 12.2. The number of carbonyl (C=O) groups excluding carboxylic acids is 2. The SMILES string of the molecule is CC(C)(C)OC(=O)CN(CCCCC/C=N/O)C(=O)OC(C)(C)C. The molecule has 0 saturated heterocycles. The molecule has 0 rings (SSSR count). The van der Waals surface area contributed by atoms with Gasteiger partial charge in [0.15, 0.2) is 0 Å². The van der Waals surface area contributed by atoms with Gasteiger partial charge in [-0.1, -0.05) is 6.42 Å². The molecule has 0 aromatic rings. The van der Waals surface area contributed by atoms with E-state index in [-0.39, 0.29) is 6.54 Å². The summed E-state index contributed by atoms with van der Waals surface area (Å²) in [7, 11) is 0. The van der Waals surface area contributed by atoms with Crippen molar-refractivity contribution >= 4 is 18.3 Å². The Labute approximate surface area is 145 Å². The Hall–Kier alpha value is -1.79. The van der Waals surface area contributed by atoms with E-state index in [0.29, 0.717) is 13.0 Å². The van der Waals surface area contributed by atoms with Crippen molar-refractivity contribution in [3.05, 3.63) is 0 Å². The Morgan fingerprint density at radius 2 is 1.58 bits per heavy atom. The lowest BCUT2D eigenvalue weighted by atomic mass is 10.2. The van der Waals surface area contributed by atoms with Crippen molar-refractivity contribution in [2.75, 3.05) is 13.1 Å². The van der Waals surface area contributed by atoms with Crippen LogP contribution in [0.1, 0.15) is 67.2 Å². The number of ether oxygens (including phenoxy) is 2. The molecule has 7 nitrogen and oxygen atoms in total. The van der Waals surface area contributed by atoms with Crippen LogP contribution in [0, 0.1) is 0 Å². The Balaban J connectivity index is 4.59. The van der Waals surface area contributed by atoms with E-state index >= 15 is 0 Å². The Morgan fingerprint density at radius 3 is 2.08 bits per heavy atom. The fourth-order valence-electron chi connectivity index (χ4n) is 1.86. The average Bonchev–Trinajstić information content (AvgIpc) is 2.37. The third-order valence-electron chi connectivity index (χ3n) is 2.73. The lowest BCUT2D eigenvalue weighted by Gasteiger charge is -2.28. The predicted octanol–water partition coefficient (Wildman–Crippen LogP) is 3.59. The van der Waals surface area contributed by atoms with Crippen LogP contribution in [-0.4, -0.2) is 52.7 Å². The molecule has 0 bridgehead atoms. The number of nitrogens with zero attached hydrogens (tertiary/aromatic N) is 2. The maximum absolute atomic E-state index is 12.3. The third-order valence-corrected chi connectivity index (χ3v) is 2.73. The molecule has 140 valence electrons. The third kappa shape index (κ3) is 12.7. The van der Waals surface area contributed by atoms with Crippen molar-refractivity contribution in [3.63, 3.8) is 0 Å². The minimum absolute atomic E-state index is 0.135. The molecular formula is C17H32N2O5. The molecule has 0 unspecified atom stereocenters. The second kappa shape index (κ2) is 10.2. The first-order valence-electron chi connectivity index (χ1n) is 8.30. The van der Waals surface area contributed by atoms with E-state index in [1.807, 2.05) is 0 Å². The summed E-state index contributed by atoms with van der Waals surface area (Å²) in [4.78, 5) is 25.6. The fourth-order valence-corrected chi connectivity index (χ4v) is 1.86. The van der Waals surface area contributed by atoms with Gasteiger partial charge in [0.25, 0.3) is 0 Å². The van der Waals surface area contributed by atoms with Crippen LogP contribution in [0.25, 0.3) is 0 Å². The summed E-state index contributed by atoms with van der Waals surface area (Å²) in [5, 5.41) is 11.3. The summed E-state index contributed by atoms with van der Waals surface area (Å²) in [6.45, 7) is 11.0. The molecule has 1 amide bonds. The van der Waals surface area contributed by atoms with Gasteiger partial charge >= 0.3 is 12.1 Å². The quantitative estimate of drug-likeness (QED) is 0.239. The number of hydrogen-bond acceptors (Lipinski definition) is 6. The van der Waals surface area contributed by atoms with E-state index in [1.54, 1.807) is 41.5 Å². The number of amides is 1. The predicted molar refractivity (Wildman–Crippen MR) is 92.4 cm³/mol. The highest BCUT2D eigenvalue weighted by Gasteiger charge is 2.26. The minimum Gasteiger partial charge on any atom is -0.459 e. The largest absolute Gasteiger partial charge is 0.459 e. The highest BCUT2D eigenvalue weighted by atomic mass is 16.6. The van der Waals surface area contributed by atoms with Gasteiger partial charge < -0.3 is 14.7 Å². The molecule has 0 aromatic heterocycles. The molecule has 0 aliphatic heterocycles. The number of unbranched alkanes of at least 4 members (excludes halogenated alkanes) is 3. The molecule has 0 aliphatic rings. The van der Waals surface area contributed by atoms with Crippen LogP contribution in [0.3, 0.4) is 0 Å². The van der Waals surface area contributed by atoms with Gasteiger partial charge in [0, 0.05) is 12.8 Å². The standard InChI is InChI=1S/C17H32N2O5/c1-16(2,3)23-14(20)13-19(15(21)24-17(4,5)6)12-10-8-7-9-11-18-22/h11,22H,7-10,12-13H2,1-6H3/b18-11+. The first-order chi connectivity index (χ1) is 10.9. The Morgan fingerprint density at radius 1 is 1.00 bits per heavy atom. The van der Waals surface area contributed by atoms with Gasteiger partial charge in [0.05, 0.1) is 0 Å². The first kappa shape index (κ1) is 22.2. The molecule has 0 aliphatic carbocycles. The van der Waals surface area contributed by atoms with E-state index in [4.69, 9.17) is 14.7 Å². The number of hydrogen-bond donors (Lipinski definition) is 1. The van der Waals surface area contributed by atoms with Crippen molar-refractivity contribution in [1.29, 1.82) is 0 Å². The van der Waals surface area contributed by atoms with Crippen LogP contribution in [0.5, 0.6) is 0 Å². The fraction of sp³-hybridized carbons (Fsp3) is 0.824. The lowest BCUT2D eigenvalue weighted by molar-refractivity contribution is -0.156. The molecule has 0 atom stereocenters. The Bertz CT molecular complexity index is 422. The van der Waals surface area contributed by atoms with Crippen LogP contribution in [0.15, 0.2) is 5.16 Å². The zero-order valence-corrected chi connectivity index (χ0v) is 15.8. The number of rotatable bonds is 8. The van der Waals surface area contributed by atoms with Crippen LogP contribution in [0.4, 0.5) is 4.79 Å². The maximum atomic E-state index is 12.3. The molecule has 0 heterocycles. The molecule has 24 heavy (non-hydrogen) atoms. The molecule has 7 heteroatoms. The summed E-state index contributed by atoms with van der Waals surface area (Å²) >= 11 is 0.